The third kappa shape index (κ3) is 5.26. The molecule has 0 aromatic heterocycles. The van der Waals surface area contributed by atoms with Gasteiger partial charge in [-0.1, -0.05) is 48.0 Å². The fourth-order valence-corrected chi connectivity index (χ4v) is 2.13. The number of carbonyl (C=O) groups is 1. The standard InChI is InChI=1S/C18H19ClN2O/c1-14-4-2-3-5-16(14)11-13-21-18(22)20-12-10-15-6-8-17(19)9-7-15/h2-9,11,13H,10,12H2,1H3,(H2,20,21,22)/b13-11+. The molecule has 4 heteroatoms. The summed E-state index contributed by atoms with van der Waals surface area (Å²) >= 11 is 5.83. The number of halogens is 1. The van der Waals surface area contributed by atoms with E-state index in [4.69, 9.17) is 11.6 Å². The first-order valence-electron chi connectivity index (χ1n) is 7.16. The monoisotopic (exact) mass is 314 g/mol. The molecule has 3 nitrogen and oxygen atoms in total. The van der Waals surface area contributed by atoms with Gasteiger partial charge in [0.05, 0.1) is 0 Å². The van der Waals surface area contributed by atoms with Crippen LogP contribution in [0, 0.1) is 6.92 Å². The Morgan fingerprint density at radius 3 is 2.59 bits per heavy atom. The van der Waals surface area contributed by atoms with E-state index in [1.165, 1.54) is 5.56 Å². The lowest BCUT2D eigenvalue weighted by molar-refractivity contribution is 0.244. The van der Waals surface area contributed by atoms with Crippen LogP contribution in [0.3, 0.4) is 0 Å². The van der Waals surface area contributed by atoms with Crippen molar-refractivity contribution in [2.75, 3.05) is 6.54 Å². The molecule has 0 saturated carbocycles. The number of urea groups is 1. The van der Waals surface area contributed by atoms with Gasteiger partial charge in [0.25, 0.3) is 0 Å². The molecule has 2 N–H and O–H groups in total. The van der Waals surface area contributed by atoms with Crippen LogP contribution in [0.15, 0.2) is 54.7 Å². The third-order valence-electron chi connectivity index (χ3n) is 3.28. The van der Waals surface area contributed by atoms with E-state index >= 15 is 0 Å². The van der Waals surface area contributed by atoms with Crippen molar-refractivity contribution in [3.8, 4) is 0 Å². The Morgan fingerprint density at radius 2 is 1.86 bits per heavy atom. The van der Waals surface area contributed by atoms with Gasteiger partial charge in [-0.2, -0.15) is 0 Å². The zero-order valence-corrected chi connectivity index (χ0v) is 13.2. The SMILES string of the molecule is Cc1ccccc1/C=C/NC(=O)NCCc1ccc(Cl)cc1. The molecule has 0 atom stereocenters. The van der Waals surface area contributed by atoms with E-state index in [-0.39, 0.29) is 6.03 Å². The van der Waals surface area contributed by atoms with Gasteiger partial charge in [-0.15, -0.1) is 0 Å². The summed E-state index contributed by atoms with van der Waals surface area (Å²) in [6, 6.07) is 15.4. The second kappa shape index (κ2) is 8.25. The lowest BCUT2D eigenvalue weighted by Gasteiger charge is -2.05. The zero-order chi connectivity index (χ0) is 15.8. The average Bonchev–Trinajstić information content (AvgIpc) is 2.51. The summed E-state index contributed by atoms with van der Waals surface area (Å²) in [5.74, 6) is 0. The quantitative estimate of drug-likeness (QED) is 0.854. The smallest absolute Gasteiger partial charge is 0.318 e. The highest BCUT2D eigenvalue weighted by molar-refractivity contribution is 6.30. The fraction of sp³-hybridized carbons (Fsp3) is 0.167. The molecular formula is C18H19ClN2O. The van der Waals surface area contributed by atoms with Gasteiger partial charge in [0, 0.05) is 17.8 Å². The van der Waals surface area contributed by atoms with Crippen molar-refractivity contribution in [2.24, 2.45) is 0 Å². The van der Waals surface area contributed by atoms with Crippen molar-refractivity contribution < 1.29 is 4.79 Å². The minimum absolute atomic E-state index is 0.209. The van der Waals surface area contributed by atoms with Gasteiger partial charge >= 0.3 is 6.03 Å². The number of aryl methyl sites for hydroxylation is 1. The second-order valence-corrected chi connectivity index (χ2v) is 5.40. The molecule has 2 rings (SSSR count). The summed E-state index contributed by atoms with van der Waals surface area (Å²) in [6.45, 7) is 2.61. The van der Waals surface area contributed by atoms with Crippen molar-refractivity contribution in [1.29, 1.82) is 0 Å². The highest BCUT2D eigenvalue weighted by atomic mass is 35.5. The summed E-state index contributed by atoms with van der Waals surface area (Å²) in [4.78, 5) is 11.7. The Labute approximate surface area is 136 Å². The van der Waals surface area contributed by atoms with E-state index in [9.17, 15) is 4.79 Å². The molecular weight excluding hydrogens is 296 g/mol. The predicted molar refractivity (Wildman–Crippen MR) is 91.9 cm³/mol. The summed E-state index contributed by atoms with van der Waals surface area (Å²) in [6.07, 6.45) is 4.31. The minimum atomic E-state index is -0.209. The molecule has 22 heavy (non-hydrogen) atoms. The van der Waals surface area contributed by atoms with Crippen molar-refractivity contribution in [1.82, 2.24) is 10.6 Å². The number of benzene rings is 2. The van der Waals surface area contributed by atoms with Crippen molar-refractivity contribution in [3.63, 3.8) is 0 Å². The van der Waals surface area contributed by atoms with Gasteiger partial charge in [-0.3, -0.25) is 0 Å². The first-order valence-corrected chi connectivity index (χ1v) is 7.54. The van der Waals surface area contributed by atoms with Crippen LogP contribution in [-0.2, 0) is 6.42 Å². The first-order chi connectivity index (χ1) is 10.6. The molecule has 2 aromatic rings. The Kier molecular flexibility index (Phi) is 6.04. The molecule has 2 amide bonds. The predicted octanol–water partition coefficient (Wildman–Crippen LogP) is 4.16. The van der Waals surface area contributed by atoms with E-state index in [0.717, 1.165) is 22.6 Å². The van der Waals surface area contributed by atoms with Crippen LogP contribution in [-0.4, -0.2) is 12.6 Å². The summed E-state index contributed by atoms with van der Waals surface area (Å²) in [7, 11) is 0. The molecule has 2 aromatic carbocycles. The summed E-state index contributed by atoms with van der Waals surface area (Å²) < 4.78 is 0. The Morgan fingerprint density at radius 1 is 1.14 bits per heavy atom. The summed E-state index contributed by atoms with van der Waals surface area (Å²) in [5.41, 5.74) is 3.40. The number of nitrogens with one attached hydrogen (secondary N) is 2. The zero-order valence-electron chi connectivity index (χ0n) is 12.5. The van der Waals surface area contributed by atoms with E-state index in [1.54, 1.807) is 6.20 Å². The van der Waals surface area contributed by atoms with E-state index in [2.05, 4.69) is 10.6 Å². The van der Waals surface area contributed by atoms with Crippen molar-refractivity contribution in [3.05, 3.63) is 76.4 Å². The largest absolute Gasteiger partial charge is 0.338 e. The number of hydrogen-bond acceptors (Lipinski definition) is 1. The lowest BCUT2D eigenvalue weighted by Crippen LogP contribution is -2.33. The molecule has 0 bridgehead atoms. The van der Waals surface area contributed by atoms with Crippen LogP contribution in [0.25, 0.3) is 6.08 Å². The van der Waals surface area contributed by atoms with Crippen molar-refractivity contribution >= 4 is 23.7 Å². The highest BCUT2D eigenvalue weighted by Crippen LogP contribution is 2.09. The first kappa shape index (κ1) is 16.1. The highest BCUT2D eigenvalue weighted by Gasteiger charge is 1.98. The van der Waals surface area contributed by atoms with Gasteiger partial charge in [0.2, 0.25) is 0 Å². The number of rotatable bonds is 5. The average molecular weight is 315 g/mol. The van der Waals surface area contributed by atoms with E-state index in [1.807, 2.05) is 61.5 Å². The minimum Gasteiger partial charge on any atom is -0.338 e. The van der Waals surface area contributed by atoms with Crippen LogP contribution in [0.2, 0.25) is 5.02 Å². The van der Waals surface area contributed by atoms with Gasteiger partial charge < -0.3 is 10.6 Å². The second-order valence-electron chi connectivity index (χ2n) is 4.97. The molecule has 0 aliphatic rings. The number of amides is 2. The maximum atomic E-state index is 11.7. The lowest BCUT2D eigenvalue weighted by atomic mass is 10.1. The van der Waals surface area contributed by atoms with E-state index < -0.39 is 0 Å². The number of carbonyl (C=O) groups excluding carboxylic acids is 1. The molecule has 0 fully saturated rings. The Balaban J connectivity index is 1.72. The van der Waals surface area contributed by atoms with Crippen LogP contribution >= 0.6 is 11.6 Å². The molecule has 0 aliphatic heterocycles. The van der Waals surface area contributed by atoms with Gasteiger partial charge in [0.1, 0.15) is 0 Å². The molecule has 0 unspecified atom stereocenters. The van der Waals surface area contributed by atoms with Crippen LogP contribution in [0.1, 0.15) is 16.7 Å². The van der Waals surface area contributed by atoms with Gasteiger partial charge in [-0.25, -0.2) is 4.79 Å². The number of hydrogen-bond donors (Lipinski definition) is 2. The topological polar surface area (TPSA) is 41.1 Å². The molecule has 114 valence electrons. The summed E-state index contributed by atoms with van der Waals surface area (Å²) in [5, 5.41) is 6.23. The molecule has 0 radical (unpaired) electrons. The van der Waals surface area contributed by atoms with E-state index in [0.29, 0.717) is 6.54 Å². The third-order valence-corrected chi connectivity index (χ3v) is 3.53. The fourth-order valence-electron chi connectivity index (χ4n) is 2.00. The van der Waals surface area contributed by atoms with Gasteiger partial charge in [-0.05, 0) is 48.2 Å². The molecule has 0 saturated heterocycles. The maximum Gasteiger partial charge on any atom is 0.318 e. The van der Waals surface area contributed by atoms with Crippen LogP contribution < -0.4 is 10.6 Å². The maximum absolute atomic E-state index is 11.7. The van der Waals surface area contributed by atoms with Gasteiger partial charge in [0.15, 0.2) is 0 Å². The molecule has 0 spiro atoms. The molecule has 0 heterocycles. The van der Waals surface area contributed by atoms with Crippen LogP contribution in [0.5, 0.6) is 0 Å². The Hall–Kier alpha value is -2.26. The van der Waals surface area contributed by atoms with Crippen molar-refractivity contribution in [2.45, 2.75) is 13.3 Å². The van der Waals surface area contributed by atoms with Crippen LogP contribution in [0.4, 0.5) is 4.79 Å². The Bertz CT molecular complexity index is 650. The molecule has 0 aliphatic carbocycles. The normalized spacial score (nSPS) is 10.6.